The van der Waals surface area contributed by atoms with Crippen molar-refractivity contribution in [3.05, 3.63) is 30.6 Å². The second-order valence-corrected chi connectivity index (χ2v) is 6.35. The number of piperidine rings is 1. The van der Waals surface area contributed by atoms with Crippen LogP contribution in [-0.4, -0.2) is 42.7 Å². The van der Waals surface area contributed by atoms with Gasteiger partial charge in [0.05, 0.1) is 19.6 Å². The maximum absolute atomic E-state index is 12.1. The number of benzene rings is 1. The van der Waals surface area contributed by atoms with Crippen molar-refractivity contribution in [1.82, 2.24) is 9.97 Å². The smallest absolute Gasteiger partial charge is 0.310 e. The van der Waals surface area contributed by atoms with Crippen LogP contribution in [0.15, 0.2) is 30.6 Å². The summed E-state index contributed by atoms with van der Waals surface area (Å²) in [4.78, 5) is 22.7. The number of hydrogen-bond acceptors (Lipinski definition) is 8. The Balaban J connectivity index is 1.76. The minimum Gasteiger partial charge on any atom is -0.497 e. The van der Waals surface area contributed by atoms with E-state index >= 15 is 0 Å². The van der Waals surface area contributed by atoms with E-state index in [9.17, 15) is 4.79 Å². The summed E-state index contributed by atoms with van der Waals surface area (Å²) < 4.78 is 10.3. The molecule has 0 radical (unpaired) electrons. The summed E-state index contributed by atoms with van der Waals surface area (Å²) in [5, 5.41) is 3.21. The first-order valence-corrected chi connectivity index (χ1v) is 9.05. The lowest BCUT2D eigenvalue weighted by Gasteiger charge is -2.33. The van der Waals surface area contributed by atoms with Crippen LogP contribution < -0.4 is 20.7 Å². The second kappa shape index (κ2) is 8.57. The summed E-state index contributed by atoms with van der Waals surface area (Å²) >= 11 is 0. The lowest BCUT2D eigenvalue weighted by Crippen LogP contribution is -2.40. The number of carbonyl (C=O) groups excluding carboxylic acids is 1. The highest BCUT2D eigenvalue weighted by molar-refractivity contribution is 5.79. The van der Waals surface area contributed by atoms with Gasteiger partial charge in [0.1, 0.15) is 17.8 Å². The molecule has 144 valence electrons. The molecule has 0 saturated carbocycles. The molecular formula is C19H25N5O3. The van der Waals surface area contributed by atoms with Gasteiger partial charge in [-0.15, -0.1) is 0 Å². The van der Waals surface area contributed by atoms with Crippen molar-refractivity contribution >= 4 is 29.0 Å². The van der Waals surface area contributed by atoms with Crippen molar-refractivity contribution in [2.45, 2.75) is 19.8 Å². The average molecular weight is 371 g/mol. The van der Waals surface area contributed by atoms with Crippen LogP contribution in [0.1, 0.15) is 19.8 Å². The lowest BCUT2D eigenvalue weighted by molar-refractivity contribution is -0.148. The van der Waals surface area contributed by atoms with Gasteiger partial charge in [0, 0.05) is 18.8 Å². The quantitative estimate of drug-likeness (QED) is 0.747. The number of nitrogen functional groups attached to an aromatic ring is 1. The van der Waals surface area contributed by atoms with Crippen molar-refractivity contribution in [2.24, 2.45) is 5.92 Å². The minimum absolute atomic E-state index is 0.161. The van der Waals surface area contributed by atoms with Crippen LogP contribution in [0.2, 0.25) is 0 Å². The Morgan fingerprint density at radius 1 is 1.33 bits per heavy atom. The van der Waals surface area contributed by atoms with Crippen molar-refractivity contribution in [1.29, 1.82) is 0 Å². The molecule has 8 nitrogen and oxygen atoms in total. The molecule has 1 unspecified atom stereocenters. The number of ether oxygens (including phenoxy) is 2. The van der Waals surface area contributed by atoms with E-state index in [1.807, 2.05) is 36.1 Å². The largest absolute Gasteiger partial charge is 0.497 e. The summed E-state index contributed by atoms with van der Waals surface area (Å²) in [6.45, 7) is 3.54. The van der Waals surface area contributed by atoms with Gasteiger partial charge in [0.25, 0.3) is 0 Å². The molecule has 8 heteroatoms. The number of esters is 1. The van der Waals surface area contributed by atoms with Crippen molar-refractivity contribution in [3.63, 3.8) is 0 Å². The van der Waals surface area contributed by atoms with Gasteiger partial charge in [0.2, 0.25) is 0 Å². The molecule has 1 aliphatic rings. The number of nitrogens with one attached hydrogen (secondary N) is 1. The van der Waals surface area contributed by atoms with Gasteiger partial charge in [-0.25, -0.2) is 9.97 Å². The summed E-state index contributed by atoms with van der Waals surface area (Å²) in [6.07, 6.45) is 3.18. The molecule has 1 atom stereocenters. The molecule has 0 bridgehead atoms. The van der Waals surface area contributed by atoms with Gasteiger partial charge in [-0.1, -0.05) is 0 Å². The number of aromatic nitrogens is 2. The first-order valence-electron chi connectivity index (χ1n) is 9.05. The van der Waals surface area contributed by atoms with Gasteiger partial charge in [-0.2, -0.15) is 0 Å². The standard InChI is InChI=1S/C19H25N5O3/c1-3-27-19(25)13-5-4-10-24(11-13)18-16(20)17(21-12-22-18)23-14-6-8-15(26-2)9-7-14/h6-9,12-13H,3-5,10-11,20H2,1-2H3,(H,21,22,23). The highest BCUT2D eigenvalue weighted by Crippen LogP contribution is 2.31. The molecule has 3 N–H and O–H groups in total. The zero-order valence-corrected chi connectivity index (χ0v) is 15.6. The van der Waals surface area contributed by atoms with Crippen LogP contribution in [0.5, 0.6) is 5.75 Å². The molecule has 0 spiro atoms. The third kappa shape index (κ3) is 4.39. The number of rotatable bonds is 6. The van der Waals surface area contributed by atoms with Crippen molar-refractivity contribution in [3.8, 4) is 5.75 Å². The molecule has 0 amide bonds. The molecule has 1 aromatic carbocycles. The highest BCUT2D eigenvalue weighted by Gasteiger charge is 2.29. The number of nitrogens with two attached hydrogens (primary N) is 1. The van der Waals surface area contributed by atoms with Crippen LogP contribution >= 0.6 is 0 Å². The first kappa shape index (κ1) is 18.8. The Hall–Kier alpha value is -3.03. The normalized spacial score (nSPS) is 16.7. The van der Waals surface area contributed by atoms with E-state index in [-0.39, 0.29) is 11.9 Å². The van der Waals surface area contributed by atoms with E-state index in [4.69, 9.17) is 15.2 Å². The molecule has 3 rings (SSSR count). The molecule has 1 aliphatic heterocycles. The number of anilines is 4. The van der Waals surface area contributed by atoms with Crippen LogP contribution in [0.4, 0.5) is 23.0 Å². The highest BCUT2D eigenvalue weighted by atomic mass is 16.5. The number of carbonyl (C=O) groups is 1. The molecule has 1 fully saturated rings. The van der Waals surface area contributed by atoms with E-state index in [1.165, 1.54) is 6.33 Å². The topological polar surface area (TPSA) is 103 Å². The van der Waals surface area contributed by atoms with Crippen molar-refractivity contribution in [2.75, 3.05) is 42.8 Å². The summed E-state index contributed by atoms with van der Waals surface area (Å²) in [7, 11) is 1.62. The van der Waals surface area contributed by atoms with Gasteiger partial charge < -0.3 is 25.4 Å². The molecular weight excluding hydrogens is 346 g/mol. The Labute approximate surface area is 158 Å². The van der Waals surface area contributed by atoms with E-state index in [0.717, 1.165) is 30.8 Å². The Bertz CT molecular complexity index is 781. The first-order chi connectivity index (χ1) is 13.1. The lowest BCUT2D eigenvalue weighted by atomic mass is 9.98. The van der Waals surface area contributed by atoms with Crippen LogP contribution in [0, 0.1) is 5.92 Å². The fourth-order valence-electron chi connectivity index (χ4n) is 3.17. The number of hydrogen-bond donors (Lipinski definition) is 2. The fourth-order valence-corrected chi connectivity index (χ4v) is 3.17. The SMILES string of the molecule is CCOC(=O)C1CCCN(c2ncnc(Nc3ccc(OC)cc3)c2N)C1. The van der Waals surface area contributed by atoms with Crippen LogP contribution in [0.3, 0.4) is 0 Å². The average Bonchev–Trinajstić information content (AvgIpc) is 2.70. The maximum Gasteiger partial charge on any atom is 0.310 e. The molecule has 2 heterocycles. The molecule has 1 aromatic heterocycles. The van der Waals surface area contributed by atoms with Gasteiger partial charge in [0.15, 0.2) is 11.6 Å². The van der Waals surface area contributed by atoms with Crippen molar-refractivity contribution < 1.29 is 14.3 Å². The second-order valence-electron chi connectivity index (χ2n) is 6.35. The van der Waals surface area contributed by atoms with Crippen LogP contribution in [-0.2, 0) is 9.53 Å². The monoisotopic (exact) mass is 371 g/mol. The Kier molecular flexibility index (Phi) is 5.95. The van der Waals surface area contributed by atoms with Gasteiger partial charge in [-0.3, -0.25) is 4.79 Å². The van der Waals surface area contributed by atoms with E-state index < -0.39 is 0 Å². The van der Waals surface area contributed by atoms with Gasteiger partial charge in [-0.05, 0) is 44.0 Å². The fraction of sp³-hybridized carbons (Fsp3) is 0.421. The summed E-state index contributed by atoms with van der Waals surface area (Å²) in [5.74, 6) is 1.62. The van der Waals surface area contributed by atoms with E-state index in [0.29, 0.717) is 30.5 Å². The summed E-state index contributed by atoms with van der Waals surface area (Å²) in [5.41, 5.74) is 7.63. The predicted molar refractivity (Wildman–Crippen MR) is 104 cm³/mol. The minimum atomic E-state index is -0.161. The molecule has 0 aliphatic carbocycles. The number of nitrogens with zero attached hydrogens (tertiary/aromatic N) is 3. The summed E-state index contributed by atoms with van der Waals surface area (Å²) in [6, 6.07) is 7.49. The number of methoxy groups -OCH3 is 1. The Morgan fingerprint density at radius 3 is 2.81 bits per heavy atom. The zero-order valence-electron chi connectivity index (χ0n) is 15.6. The zero-order chi connectivity index (χ0) is 19.2. The third-order valence-electron chi connectivity index (χ3n) is 4.56. The molecule has 27 heavy (non-hydrogen) atoms. The molecule has 1 saturated heterocycles. The van der Waals surface area contributed by atoms with Crippen LogP contribution in [0.25, 0.3) is 0 Å². The third-order valence-corrected chi connectivity index (χ3v) is 4.56. The van der Waals surface area contributed by atoms with E-state index in [2.05, 4.69) is 15.3 Å². The molecule has 2 aromatic rings. The predicted octanol–water partition coefficient (Wildman–Crippen LogP) is 2.59. The maximum atomic E-state index is 12.1. The Morgan fingerprint density at radius 2 is 2.11 bits per heavy atom. The van der Waals surface area contributed by atoms with Gasteiger partial charge >= 0.3 is 5.97 Å². The van der Waals surface area contributed by atoms with E-state index in [1.54, 1.807) is 7.11 Å².